The number of ether oxygens (including phenoxy) is 1. The highest BCUT2D eigenvalue weighted by Crippen LogP contribution is 2.40. The maximum absolute atomic E-state index is 12.7. The molecule has 1 unspecified atom stereocenters. The monoisotopic (exact) mass is 377 g/mol. The summed E-state index contributed by atoms with van der Waals surface area (Å²) < 4.78 is 6.35. The van der Waals surface area contributed by atoms with Gasteiger partial charge in [-0.15, -0.1) is 0 Å². The van der Waals surface area contributed by atoms with E-state index in [-0.39, 0.29) is 23.4 Å². The van der Waals surface area contributed by atoms with E-state index in [0.717, 1.165) is 16.7 Å². The average Bonchev–Trinajstić information content (AvgIpc) is 3.09. The maximum atomic E-state index is 12.7. The summed E-state index contributed by atoms with van der Waals surface area (Å²) >= 11 is 0. The summed E-state index contributed by atoms with van der Waals surface area (Å²) in [5.74, 6) is -1.29. The third-order valence-corrected chi connectivity index (χ3v) is 5.01. The first-order chi connectivity index (χ1) is 13.5. The number of benzene rings is 2. The van der Waals surface area contributed by atoms with Crippen LogP contribution < -0.4 is 15.2 Å². The highest BCUT2D eigenvalue weighted by Gasteiger charge is 2.35. The van der Waals surface area contributed by atoms with Gasteiger partial charge in [-0.05, 0) is 16.7 Å². The lowest BCUT2D eigenvalue weighted by molar-refractivity contribution is 0.0685. The fourth-order valence-electron chi connectivity index (χ4n) is 3.72. The maximum Gasteiger partial charge on any atom is 0.358 e. The lowest BCUT2D eigenvalue weighted by Gasteiger charge is -2.28. The van der Waals surface area contributed by atoms with E-state index in [9.17, 15) is 14.7 Å². The zero-order chi connectivity index (χ0) is 19.8. The number of fused-ring (bicyclic) bond motifs is 1. The molecule has 7 heteroatoms. The Morgan fingerprint density at radius 1 is 1.14 bits per heavy atom. The molecule has 1 atom stereocenters. The molecule has 4 rings (SSSR count). The van der Waals surface area contributed by atoms with Crippen molar-refractivity contribution in [2.75, 3.05) is 12.0 Å². The number of aromatic nitrogens is 2. The Kier molecular flexibility index (Phi) is 4.35. The van der Waals surface area contributed by atoms with Gasteiger partial charge in [0.05, 0.1) is 13.2 Å². The van der Waals surface area contributed by atoms with Crippen LogP contribution in [0.2, 0.25) is 0 Å². The second-order valence-corrected chi connectivity index (χ2v) is 6.60. The van der Waals surface area contributed by atoms with Crippen molar-refractivity contribution < 1.29 is 14.6 Å². The third kappa shape index (κ3) is 2.72. The van der Waals surface area contributed by atoms with Crippen LogP contribution in [0.1, 0.15) is 33.2 Å². The van der Waals surface area contributed by atoms with Crippen LogP contribution in [0.3, 0.4) is 0 Å². The normalized spacial score (nSPS) is 15.4. The minimum atomic E-state index is -1.30. The van der Waals surface area contributed by atoms with Crippen molar-refractivity contribution in [1.29, 1.82) is 0 Å². The van der Waals surface area contributed by atoms with E-state index in [1.807, 2.05) is 59.5 Å². The van der Waals surface area contributed by atoms with Gasteiger partial charge in [0, 0.05) is 13.6 Å². The molecule has 0 fully saturated rings. The summed E-state index contributed by atoms with van der Waals surface area (Å²) in [5.41, 5.74) is 2.33. The number of nitrogens with zero attached hydrogens (tertiary/aromatic N) is 3. The standard InChI is InChI=1S/C21H19N3O4/c1-23-19(25)18(28-2)16(20(26)27)22-21(23)24-12-14-10-6-7-11-15(14)17(24)13-8-4-3-5-9-13/h3-11,17H,12H2,1-2H3,(H,26,27). The molecule has 0 amide bonds. The zero-order valence-electron chi connectivity index (χ0n) is 15.5. The Bertz CT molecular complexity index is 1110. The molecular formula is C21H19N3O4. The van der Waals surface area contributed by atoms with Gasteiger partial charge in [-0.1, -0.05) is 54.6 Å². The number of hydrogen-bond acceptors (Lipinski definition) is 5. The lowest BCUT2D eigenvalue weighted by Crippen LogP contribution is -2.33. The third-order valence-electron chi connectivity index (χ3n) is 5.01. The fraction of sp³-hybridized carbons (Fsp3) is 0.190. The van der Waals surface area contributed by atoms with Gasteiger partial charge >= 0.3 is 5.97 Å². The Balaban J connectivity index is 1.94. The average molecular weight is 377 g/mol. The van der Waals surface area contributed by atoms with E-state index in [0.29, 0.717) is 6.54 Å². The Morgan fingerprint density at radius 3 is 2.50 bits per heavy atom. The first-order valence-electron chi connectivity index (χ1n) is 8.80. The van der Waals surface area contributed by atoms with Crippen LogP contribution in [0.5, 0.6) is 5.75 Å². The summed E-state index contributed by atoms with van der Waals surface area (Å²) in [5, 5.41) is 9.53. The van der Waals surface area contributed by atoms with Crippen molar-refractivity contribution in [3.8, 4) is 5.75 Å². The smallest absolute Gasteiger partial charge is 0.358 e. The van der Waals surface area contributed by atoms with Gasteiger partial charge in [-0.25, -0.2) is 9.78 Å². The summed E-state index contributed by atoms with van der Waals surface area (Å²) in [6, 6.07) is 17.7. The molecule has 142 valence electrons. The van der Waals surface area contributed by atoms with Crippen molar-refractivity contribution in [2.24, 2.45) is 7.05 Å². The molecule has 1 aliphatic heterocycles. The highest BCUT2D eigenvalue weighted by molar-refractivity contribution is 5.88. The summed E-state index contributed by atoms with van der Waals surface area (Å²) in [6.07, 6.45) is 0. The van der Waals surface area contributed by atoms with E-state index in [1.165, 1.54) is 11.7 Å². The highest BCUT2D eigenvalue weighted by atomic mass is 16.5. The van der Waals surface area contributed by atoms with Gasteiger partial charge in [0.25, 0.3) is 5.56 Å². The molecule has 0 radical (unpaired) electrons. The Morgan fingerprint density at radius 2 is 1.82 bits per heavy atom. The molecule has 0 saturated heterocycles. The molecule has 2 aromatic carbocycles. The van der Waals surface area contributed by atoms with Gasteiger partial charge in [-0.2, -0.15) is 0 Å². The zero-order valence-corrected chi connectivity index (χ0v) is 15.5. The van der Waals surface area contributed by atoms with Crippen LogP contribution in [0.15, 0.2) is 59.4 Å². The molecule has 28 heavy (non-hydrogen) atoms. The minimum absolute atomic E-state index is 0.175. The fourth-order valence-corrected chi connectivity index (χ4v) is 3.72. The minimum Gasteiger partial charge on any atom is -0.489 e. The molecule has 1 N–H and O–H groups in total. The van der Waals surface area contributed by atoms with Crippen molar-refractivity contribution in [2.45, 2.75) is 12.6 Å². The molecule has 0 spiro atoms. The first-order valence-corrected chi connectivity index (χ1v) is 8.80. The molecule has 0 saturated carbocycles. The number of aromatic carboxylic acids is 1. The van der Waals surface area contributed by atoms with Crippen LogP contribution in [-0.4, -0.2) is 27.7 Å². The summed E-state index contributed by atoms with van der Waals surface area (Å²) in [4.78, 5) is 30.7. The lowest BCUT2D eigenvalue weighted by atomic mass is 9.98. The van der Waals surface area contributed by atoms with Crippen molar-refractivity contribution >= 4 is 11.9 Å². The van der Waals surface area contributed by atoms with Crippen LogP contribution in [-0.2, 0) is 13.6 Å². The summed E-state index contributed by atoms with van der Waals surface area (Å²) in [6.45, 7) is 0.515. The van der Waals surface area contributed by atoms with E-state index < -0.39 is 11.5 Å². The molecule has 2 heterocycles. The number of carboxylic acids is 1. The summed E-state index contributed by atoms with van der Waals surface area (Å²) in [7, 11) is 2.84. The number of hydrogen-bond donors (Lipinski definition) is 1. The van der Waals surface area contributed by atoms with E-state index in [1.54, 1.807) is 7.05 Å². The Hall–Kier alpha value is -3.61. The second kappa shape index (κ2) is 6.84. The van der Waals surface area contributed by atoms with E-state index >= 15 is 0 Å². The number of carbonyl (C=O) groups is 1. The van der Waals surface area contributed by atoms with Gasteiger partial charge in [0.15, 0.2) is 5.69 Å². The Labute approximate surface area is 161 Å². The van der Waals surface area contributed by atoms with Gasteiger partial charge in [-0.3, -0.25) is 9.36 Å². The topological polar surface area (TPSA) is 84.7 Å². The van der Waals surface area contributed by atoms with Crippen molar-refractivity contribution in [1.82, 2.24) is 9.55 Å². The van der Waals surface area contributed by atoms with Gasteiger partial charge < -0.3 is 14.7 Å². The van der Waals surface area contributed by atoms with Crippen LogP contribution in [0.4, 0.5) is 5.95 Å². The predicted molar refractivity (Wildman–Crippen MR) is 104 cm³/mol. The number of carboxylic acid groups (broad SMARTS) is 1. The number of rotatable bonds is 4. The van der Waals surface area contributed by atoms with E-state index in [4.69, 9.17) is 4.74 Å². The first kappa shape index (κ1) is 17.8. The molecule has 3 aromatic rings. The van der Waals surface area contributed by atoms with Crippen molar-refractivity contribution in [3.63, 3.8) is 0 Å². The van der Waals surface area contributed by atoms with Gasteiger partial charge in [0.1, 0.15) is 0 Å². The van der Waals surface area contributed by atoms with Crippen LogP contribution in [0, 0.1) is 0 Å². The van der Waals surface area contributed by atoms with Gasteiger partial charge in [0.2, 0.25) is 11.7 Å². The number of methoxy groups -OCH3 is 1. The largest absolute Gasteiger partial charge is 0.489 e. The van der Waals surface area contributed by atoms with E-state index in [2.05, 4.69) is 4.98 Å². The van der Waals surface area contributed by atoms with Crippen molar-refractivity contribution in [3.05, 3.63) is 87.3 Å². The molecule has 1 aliphatic rings. The quantitative estimate of drug-likeness (QED) is 0.752. The number of anilines is 1. The van der Waals surface area contributed by atoms with Crippen LogP contribution >= 0.6 is 0 Å². The van der Waals surface area contributed by atoms with Crippen LogP contribution in [0.25, 0.3) is 0 Å². The predicted octanol–water partition coefficient (Wildman–Crippen LogP) is 2.60. The molecule has 0 aliphatic carbocycles. The molecule has 1 aromatic heterocycles. The molecule has 0 bridgehead atoms. The second-order valence-electron chi connectivity index (χ2n) is 6.60. The molecular weight excluding hydrogens is 358 g/mol. The molecule has 7 nitrogen and oxygen atoms in total. The SMILES string of the molecule is COc1c(C(=O)O)nc(N2Cc3ccccc3C2c2ccccc2)n(C)c1=O.